The summed E-state index contributed by atoms with van der Waals surface area (Å²) in [5, 5.41) is 11.8. The Morgan fingerprint density at radius 2 is 1.48 bits per heavy atom. The van der Waals surface area contributed by atoms with E-state index in [0.717, 1.165) is 5.56 Å². The first-order valence-electron chi connectivity index (χ1n) is 10.2. The third kappa shape index (κ3) is 7.14. The molecule has 0 spiro atoms. The number of carboxylic acids is 1. The number of carbonyl (C=O) groups excluding carboxylic acids is 2. The van der Waals surface area contributed by atoms with E-state index in [2.05, 4.69) is 5.32 Å². The minimum Gasteiger partial charge on any atom is -0.478 e. The first kappa shape index (κ1) is 23.4. The van der Waals surface area contributed by atoms with Gasteiger partial charge in [-0.1, -0.05) is 36.4 Å². The Balaban J connectivity index is 1.65. The second kappa shape index (κ2) is 10.9. The first-order valence-corrected chi connectivity index (χ1v) is 10.2. The largest absolute Gasteiger partial charge is 0.478 e. The Hall–Kier alpha value is -4.26. The molecular weight excluding hydrogens is 425 g/mol. The van der Waals surface area contributed by atoms with Crippen LogP contribution in [0, 0.1) is 5.82 Å². The maximum Gasteiger partial charge on any atom is 0.336 e. The average molecular weight is 447 g/mol. The molecule has 0 unspecified atom stereocenters. The minimum atomic E-state index is -1.10. The number of hydrogen-bond donors (Lipinski definition) is 2. The van der Waals surface area contributed by atoms with Crippen LogP contribution in [0.2, 0.25) is 0 Å². The molecule has 3 aromatic rings. The summed E-state index contributed by atoms with van der Waals surface area (Å²) in [7, 11) is 0. The van der Waals surface area contributed by atoms with Crippen molar-refractivity contribution in [3.05, 3.63) is 95.3 Å². The minimum absolute atomic E-state index is 0.0753. The second-order valence-electron chi connectivity index (χ2n) is 7.29. The van der Waals surface area contributed by atoms with E-state index in [1.54, 1.807) is 36.4 Å². The predicted molar refractivity (Wildman–Crippen MR) is 122 cm³/mol. The number of aryl methyl sites for hydroxylation is 1. The van der Waals surface area contributed by atoms with Crippen LogP contribution in [-0.4, -0.2) is 22.9 Å². The van der Waals surface area contributed by atoms with Gasteiger partial charge in [-0.2, -0.15) is 0 Å². The summed E-state index contributed by atoms with van der Waals surface area (Å²) in [6.07, 6.45) is 2.18. The summed E-state index contributed by atoms with van der Waals surface area (Å²) >= 11 is 0. The summed E-state index contributed by atoms with van der Waals surface area (Å²) < 4.78 is 18.9. The van der Waals surface area contributed by atoms with Crippen LogP contribution in [0.4, 0.5) is 4.39 Å². The zero-order valence-corrected chi connectivity index (χ0v) is 17.9. The van der Waals surface area contributed by atoms with Crippen molar-refractivity contribution in [3.8, 4) is 11.5 Å². The average Bonchev–Trinajstić information content (AvgIpc) is 2.78. The molecule has 168 valence electrons. The van der Waals surface area contributed by atoms with Gasteiger partial charge in [0.2, 0.25) is 11.8 Å². The summed E-state index contributed by atoms with van der Waals surface area (Å²) in [5.41, 5.74) is 2.06. The zero-order chi connectivity index (χ0) is 23.8. The van der Waals surface area contributed by atoms with Crippen LogP contribution in [0.25, 0.3) is 11.6 Å². The molecule has 2 amide bonds. The molecule has 0 radical (unpaired) electrons. The number of hydrogen-bond acceptors (Lipinski definition) is 4. The van der Waals surface area contributed by atoms with Crippen molar-refractivity contribution >= 4 is 29.4 Å². The Bertz CT molecular complexity index is 1170. The molecule has 3 aromatic carbocycles. The highest BCUT2D eigenvalue weighted by Gasteiger charge is 2.11. The molecule has 2 N–H and O–H groups in total. The van der Waals surface area contributed by atoms with E-state index in [4.69, 9.17) is 4.74 Å². The van der Waals surface area contributed by atoms with E-state index in [0.29, 0.717) is 29.0 Å². The molecule has 0 fully saturated rings. The summed E-state index contributed by atoms with van der Waals surface area (Å²) in [4.78, 5) is 34.1. The number of aliphatic carboxylic acids is 1. The molecule has 3 rings (SSSR count). The molecular formula is C26H22FNO5. The van der Waals surface area contributed by atoms with Crippen molar-refractivity contribution in [1.29, 1.82) is 0 Å². The van der Waals surface area contributed by atoms with Gasteiger partial charge >= 0.3 is 5.97 Å². The van der Waals surface area contributed by atoms with Gasteiger partial charge in [-0.05, 0) is 65.6 Å². The van der Waals surface area contributed by atoms with Crippen molar-refractivity contribution < 1.29 is 28.6 Å². The molecule has 6 nitrogen and oxygen atoms in total. The lowest BCUT2D eigenvalue weighted by atomic mass is 10.0. The standard InChI is InChI=1S/C26H22FNO5/c1-17(29)28-25(30)15-6-18-4-11-22(12-5-18)33-23-13-7-20(8-14-23)24(26(31)32)16-19-2-9-21(27)10-3-19/h2-5,7-14,16H,6,15H2,1H3,(H,31,32)(H,28,29,30)/b24-16+. The molecule has 7 heteroatoms. The van der Waals surface area contributed by atoms with Crippen molar-refractivity contribution in [2.24, 2.45) is 0 Å². The highest BCUT2D eigenvalue weighted by Crippen LogP contribution is 2.26. The fourth-order valence-corrected chi connectivity index (χ4v) is 3.07. The molecule has 0 saturated carbocycles. The van der Waals surface area contributed by atoms with Gasteiger partial charge in [0.15, 0.2) is 0 Å². The lowest BCUT2D eigenvalue weighted by Gasteiger charge is -2.09. The summed E-state index contributed by atoms with van der Waals surface area (Å²) in [6.45, 7) is 1.29. The monoisotopic (exact) mass is 447 g/mol. The number of carbonyl (C=O) groups is 3. The molecule has 0 bridgehead atoms. The van der Waals surface area contributed by atoms with Crippen molar-refractivity contribution in [1.82, 2.24) is 5.32 Å². The maximum absolute atomic E-state index is 13.1. The molecule has 0 atom stereocenters. The molecule has 0 saturated heterocycles. The van der Waals surface area contributed by atoms with Gasteiger partial charge in [0, 0.05) is 13.3 Å². The van der Waals surface area contributed by atoms with Crippen LogP contribution in [0.1, 0.15) is 30.0 Å². The van der Waals surface area contributed by atoms with Crippen molar-refractivity contribution in [3.63, 3.8) is 0 Å². The van der Waals surface area contributed by atoms with Crippen LogP contribution in [-0.2, 0) is 20.8 Å². The normalized spacial score (nSPS) is 11.0. The van der Waals surface area contributed by atoms with Gasteiger partial charge in [-0.15, -0.1) is 0 Å². The second-order valence-corrected chi connectivity index (χ2v) is 7.29. The number of halogens is 1. The Kier molecular flexibility index (Phi) is 7.70. The van der Waals surface area contributed by atoms with Crippen molar-refractivity contribution in [2.75, 3.05) is 0 Å². The Labute approximate surface area is 190 Å². The van der Waals surface area contributed by atoms with Crippen molar-refractivity contribution in [2.45, 2.75) is 19.8 Å². The zero-order valence-electron chi connectivity index (χ0n) is 17.9. The Morgan fingerprint density at radius 3 is 2.03 bits per heavy atom. The van der Waals surface area contributed by atoms with E-state index in [-0.39, 0.29) is 23.8 Å². The molecule has 0 aliphatic carbocycles. The van der Waals surface area contributed by atoms with E-state index in [9.17, 15) is 23.9 Å². The highest BCUT2D eigenvalue weighted by atomic mass is 19.1. The third-order valence-electron chi connectivity index (χ3n) is 4.69. The predicted octanol–water partition coefficient (Wildman–Crippen LogP) is 4.84. The van der Waals surface area contributed by atoms with E-state index < -0.39 is 11.8 Å². The van der Waals surface area contributed by atoms with E-state index >= 15 is 0 Å². The maximum atomic E-state index is 13.1. The third-order valence-corrected chi connectivity index (χ3v) is 4.69. The SMILES string of the molecule is CC(=O)NC(=O)CCc1ccc(Oc2ccc(/C(=C\c3ccc(F)cc3)C(=O)O)cc2)cc1. The number of carboxylic acid groups (broad SMARTS) is 1. The number of benzene rings is 3. The smallest absolute Gasteiger partial charge is 0.336 e. The van der Waals surface area contributed by atoms with Crippen LogP contribution in [0.3, 0.4) is 0 Å². The summed E-state index contributed by atoms with van der Waals surface area (Å²) in [6, 6.07) is 19.4. The topological polar surface area (TPSA) is 92.7 Å². The molecule has 0 aliphatic rings. The van der Waals surface area contributed by atoms with Crippen LogP contribution in [0.5, 0.6) is 11.5 Å². The number of ether oxygens (including phenoxy) is 1. The molecule has 0 aromatic heterocycles. The fourth-order valence-electron chi connectivity index (χ4n) is 3.07. The van der Waals surface area contributed by atoms with Gasteiger partial charge in [-0.3, -0.25) is 14.9 Å². The van der Waals surface area contributed by atoms with Gasteiger partial charge in [0.25, 0.3) is 0 Å². The van der Waals surface area contributed by atoms with Crippen LogP contribution >= 0.6 is 0 Å². The van der Waals surface area contributed by atoms with E-state index in [1.165, 1.54) is 37.3 Å². The van der Waals surface area contributed by atoms with E-state index in [1.807, 2.05) is 12.1 Å². The fraction of sp³-hybridized carbons (Fsp3) is 0.115. The Morgan fingerprint density at radius 1 is 0.909 bits per heavy atom. The number of rotatable bonds is 8. The van der Waals surface area contributed by atoms with Gasteiger partial charge < -0.3 is 9.84 Å². The summed E-state index contributed by atoms with van der Waals surface area (Å²) in [5.74, 6) is -1.08. The highest BCUT2D eigenvalue weighted by molar-refractivity contribution is 6.20. The van der Waals surface area contributed by atoms with Crippen LogP contribution < -0.4 is 10.1 Å². The first-order chi connectivity index (χ1) is 15.8. The quantitative estimate of drug-likeness (QED) is 0.381. The van der Waals surface area contributed by atoms with Gasteiger partial charge in [-0.25, -0.2) is 9.18 Å². The molecule has 0 heterocycles. The molecule has 0 aliphatic heterocycles. The number of nitrogens with one attached hydrogen (secondary N) is 1. The van der Waals surface area contributed by atoms with Crippen LogP contribution in [0.15, 0.2) is 72.8 Å². The lowest BCUT2D eigenvalue weighted by Crippen LogP contribution is -2.27. The number of amides is 2. The number of imide groups is 1. The van der Waals surface area contributed by atoms with Gasteiger partial charge in [0.05, 0.1) is 5.57 Å². The molecule has 33 heavy (non-hydrogen) atoms. The van der Waals surface area contributed by atoms with Gasteiger partial charge in [0.1, 0.15) is 17.3 Å². The lowest BCUT2D eigenvalue weighted by molar-refractivity contribution is -0.131.